The van der Waals surface area contributed by atoms with Gasteiger partial charge in [0.2, 0.25) is 0 Å². The largest absolute Gasteiger partial charge is 0.394 e. The quantitative estimate of drug-likeness (QED) is 0.278. The van der Waals surface area contributed by atoms with Crippen LogP contribution in [0.3, 0.4) is 0 Å². The van der Waals surface area contributed by atoms with Crippen molar-refractivity contribution in [2.24, 2.45) is 0 Å². The highest BCUT2D eigenvalue weighted by Gasteiger charge is 2.35. The number of carbonyl (C=O) groups is 2. The number of benzene rings is 5. The summed E-state index contributed by atoms with van der Waals surface area (Å²) < 4.78 is 0. The van der Waals surface area contributed by atoms with E-state index in [-0.39, 0.29) is 6.54 Å². The number of rotatable bonds is 3. The van der Waals surface area contributed by atoms with Gasteiger partial charge >= 0.3 is 0 Å². The summed E-state index contributed by atoms with van der Waals surface area (Å²) in [4.78, 5) is 27.3. The normalized spacial score (nSPS) is 15.2. The van der Waals surface area contributed by atoms with E-state index in [1.165, 1.54) is 5.39 Å². The molecule has 5 aromatic rings. The van der Waals surface area contributed by atoms with Gasteiger partial charge in [-0.1, -0.05) is 48.5 Å². The minimum Gasteiger partial charge on any atom is -0.394 e. The molecule has 2 N–H and O–H groups in total. The molecule has 0 bridgehead atoms. The molecule has 0 saturated carbocycles. The zero-order valence-electron chi connectivity index (χ0n) is 15.9. The van der Waals surface area contributed by atoms with Crippen molar-refractivity contribution in [2.45, 2.75) is 6.10 Å². The fourth-order valence-electron chi connectivity index (χ4n) is 4.91. The van der Waals surface area contributed by atoms with Crippen LogP contribution in [0.5, 0.6) is 0 Å². The maximum absolute atomic E-state index is 13.1. The Kier molecular flexibility index (Phi) is 3.46. The molecule has 0 fully saturated rings. The van der Waals surface area contributed by atoms with Crippen molar-refractivity contribution in [2.75, 3.05) is 13.2 Å². The molecule has 1 aliphatic rings. The van der Waals surface area contributed by atoms with Crippen molar-refractivity contribution in [1.82, 2.24) is 4.90 Å². The predicted octanol–water partition coefficient (Wildman–Crippen LogP) is 3.69. The Morgan fingerprint density at radius 3 is 1.77 bits per heavy atom. The van der Waals surface area contributed by atoms with Gasteiger partial charge in [-0.2, -0.15) is 0 Å². The zero-order valence-corrected chi connectivity index (χ0v) is 15.9. The van der Waals surface area contributed by atoms with Crippen LogP contribution in [0, 0.1) is 0 Å². The Morgan fingerprint density at radius 1 is 0.700 bits per heavy atom. The van der Waals surface area contributed by atoms with Crippen LogP contribution < -0.4 is 0 Å². The summed E-state index contributed by atoms with van der Waals surface area (Å²) >= 11 is 0. The van der Waals surface area contributed by atoms with E-state index in [1.54, 1.807) is 12.1 Å². The fourth-order valence-corrected chi connectivity index (χ4v) is 4.91. The van der Waals surface area contributed by atoms with E-state index in [9.17, 15) is 14.7 Å². The van der Waals surface area contributed by atoms with Gasteiger partial charge in [-0.3, -0.25) is 14.5 Å². The summed E-state index contributed by atoms with van der Waals surface area (Å²) in [5.41, 5.74) is 0.892. The highest BCUT2D eigenvalue weighted by molar-refractivity contribution is 6.38. The van der Waals surface area contributed by atoms with Crippen LogP contribution in [0.2, 0.25) is 0 Å². The average molecular weight is 395 g/mol. The number of hydrogen-bond donors (Lipinski definition) is 2. The molecule has 0 aliphatic carbocycles. The SMILES string of the molecule is O=C1c2ccc3c4cccc5cccc(c6ccc(c2c36)C(=O)N1CC(O)CO)c54. The lowest BCUT2D eigenvalue weighted by Crippen LogP contribution is -2.45. The zero-order chi connectivity index (χ0) is 20.6. The number of fused-ring (bicyclic) bond motifs is 2. The summed E-state index contributed by atoms with van der Waals surface area (Å²) in [6, 6.07) is 19.8. The number of aliphatic hydroxyl groups excluding tert-OH is 2. The molecule has 1 aliphatic heterocycles. The third-order valence-electron chi connectivity index (χ3n) is 6.20. The van der Waals surface area contributed by atoms with Crippen LogP contribution in [0.25, 0.3) is 43.1 Å². The lowest BCUT2D eigenvalue weighted by Gasteiger charge is -2.29. The predicted molar refractivity (Wildman–Crippen MR) is 116 cm³/mol. The first-order valence-electron chi connectivity index (χ1n) is 9.87. The summed E-state index contributed by atoms with van der Waals surface area (Å²) in [6.45, 7) is -0.751. The number of aliphatic hydroxyl groups is 2. The molecule has 0 radical (unpaired) electrons. The highest BCUT2D eigenvalue weighted by atomic mass is 16.3. The van der Waals surface area contributed by atoms with Gasteiger partial charge in [-0.25, -0.2) is 0 Å². The summed E-state index contributed by atoms with van der Waals surface area (Å²) in [5, 5.41) is 27.1. The van der Waals surface area contributed by atoms with Crippen LogP contribution in [-0.2, 0) is 0 Å². The van der Waals surface area contributed by atoms with Gasteiger partial charge < -0.3 is 10.2 Å². The number of nitrogens with zero attached hydrogens (tertiary/aromatic N) is 1. The van der Waals surface area contributed by atoms with Crippen LogP contribution in [0.15, 0.2) is 60.7 Å². The second-order valence-corrected chi connectivity index (χ2v) is 7.84. The van der Waals surface area contributed by atoms with Gasteiger partial charge in [0.15, 0.2) is 0 Å². The van der Waals surface area contributed by atoms with E-state index < -0.39 is 24.5 Å². The van der Waals surface area contributed by atoms with Gasteiger partial charge in [0.25, 0.3) is 11.8 Å². The molecule has 5 aromatic carbocycles. The van der Waals surface area contributed by atoms with E-state index in [0.717, 1.165) is 37.2 Å². The third kappa shape index (κ3) is 2.08. The molecule has 5 heteroatoms. The molecule has 30 heavy (non-hydrogen) atoms. The average Bonchev–Trinajstić information content (AvgIpc) is 2.78. The number of carbonyl (C=O) groups excluding carboxylic acids is 2. The Balaban J connectivity index is 1.76. The molecule has 0 aromatic heterocycles. The third-order valence-corrected chi connectivity index (χ3v) is 6.20. The molecular weight excluding hydrogens is 378 g/mol. The minimum absolute atomic E-state index is 0.235. The monoisotopic (exact) mass is 395 g/mol. The second kappa shape index (κ2) is 5.98. The first-order valence-corrected chi connectivity index (χ1v) is 9.87. The molecule has 1 atom stereocenters. The van der Waals surface area contributed by atoms with Crippen molar-refractivity contribution in [1.29, 1.82) is 0 Å². The van der Waals surface area contributed by atoms with Gasteiger partial charge in [0, 0.05) is 16.5 Å². The molecule has 0 spiro atoms. The first-order chi connectivity index (χ1) is 14.6. The maximum atomic E-state index is 13.1. The van der Waals surface area contributed by atoms with Gasteiger partial charge in [0.1, 0.15) is 0 Å². The van der Waals surface area contributed by atoms with Crippen molar-refractivity contribution in [3.05, 3.63) is 71.8 Å². The van der Waals surface area contributed by atoms with Crippen molar-refractivity contribution in [3.8, 4) is 0 Å². The number of hydrogen-bond acceptors (Lipinski definition) is 4. The van der Waals surface area contributed by atoms with Crippen LogP contribution in [0.1, 0.15) is 20.7 Å². The van der Waals surface area contributed by atoms with Crippen molar-refractivity contribution < 1.29 is 19.8 Å². The Bertz CT molecular complexity index is 1420. The standard InChI is InChI=1S/C25H17NO4/c27-12-14(28)11-26-24(29)19-9-7-17-15-5-1-3-13-4-2-6-16(21(13)15)18-8-10-20(25(26)30)23(19)22(17)18/h1-10,14,27-28H,11-12H2. The molecule has 1 unspecified atom stereocenters. The fraction of sp³-hybridized carbons (Fsp3) is 0.120. The molecule has 2 amide bonds. The van der Waals surface area contributed by atoms with E-state index in [2.05, 4.69) is 24.3 Å². The number of β-amino-alcohol motifs (C(OH)–C–C–N with tert-alkyl or cyclic N) is 1. The Hall–Kier alpha value is -3.54. The summed E-state index contributed by atoms with van der Waals surface area (Å²) in [7, 11) is 0. The Labute approximate surface area is 171 Å². The van der Waals surface area contributed by atoms with E-state index in [4.69, 9.17) is 5.11 Å². The van der Waals surface area contributed by atoms with Crippen molar-refractivity contribution >= 4 is 54.9 Å². The topological polar surface area (TPSA) is 77.8 Å². The molecular formula is C25H17NO4. The molecule has 5 nitrogen and oxygen atoms in total. The summed E-state index contributed by atoms with van der Waals surface area (Å²) in [5.74, 6) is -0.887. The second-order valence-electron chi connectivity index (χ2n) is 7.84. The van der Waals surface area contributed by atoms with Crippen molar-refractivity contribution in [3.63, 3.8) is 0 Å². The van der Waals surface area contributed by atoms with Gasteiger partial charge in [-0.15, -0.1) is 0 Å². The lowest BCUT2D eigenvalue weighted by molar-refractivity contribution is 0.0391. The minimum atomic E-state index is -1.17. The van der Waals surface area contributed by atoms with Crippen LogP contribution in [0.4, 0.5) is 0 Å². The lowest BCUT2D eigenvalue weighted by atomic mass is 9.85. The molecule has 146 valence electrons. The smallest absolute Gasteiger partial charge is 0.261 e. The summed E-state index contributed by atoms with van der Waals surface area (Å²) in [6.07, 6.45) is -1.17. The van der Waals surface area contributed by atoms with Crippen LogP contribution >= 0.6 is 0 Å². The van der Waals surface area contributed by atoms with Crippen LogP contribution in [-0.4, -0.2) is 46.2 Å². The highest BCUT2D eigenvalue weighted by Crippen LogP contribution is 2.43. The first kappa shape index (κ1) is 17.3. The molecule has 1 heterocycles. The molecule has 0 saturated heterocycles. The Morgan fingerprint density at radius 2 is 1.23 bits per heavy atom. The number of imide groups is 1. The molecule has 6 rings (SSSR count). The maximum Gasteiger partial charge on any atom is 0.261 e. The van der Waals surface area contributed by atoms with E-state index in [0.29, 0.717) is 16.5 Å². The van der Waals surface area contributed by atoms with E-state index >= 15 is 0 Å². The van der Waals surface area contributed by atoms with Gasteiger partial charge in [-0.05, 0) is 49.8 Å². The van der Waals surface area contributed by atoms with Gasteiger partial charge in [0.05, 0.1) is 19.3 Å². The van der Waals surface area contributed by atoms with E-state index in [1.807, 2.05) is 24.3 Å². The number of amides is 2.